The highest BCUT2D eigenvalue weighted by Crippen LogP contribution is 2.41. The lowest BCUT2D eigenvalue weighted by atomic mass is 10.1. The minimum atomic E-state index is -0.900. The molecule has 0 atom stereocenters. The van der Waals surface area contributed by atoms with Crippen LogP contribution in [0, 0.1) is 10.1 Å². The molecule has 6 nitrogen and oxygen atoms in total. The highest BCUT2D eigenvalue weighted by Gasteiger charge is 2.27. The van der Waals surface area contributed by atoms with Crippen molar-refractivity contribution in [1.82, 2.24) is 0 Å². The van der Waals surface area contributed by atoms with Crippen LogP contribution in [0.1, 0.15) is 10.4 Å². The Balaban J connectivity index is 3.64. The zero-order valence-corrected chi connectivity index (χ0v) is 9.50. The van der Waals surface area contributed by atoms with Gasteiger partial charge in [0.25, 0.3) is 5.91 Å². The van der Waals surface area contributed by atoms with Crippen molar-refractivity contribution in [2.45, 2.75) is 0 Å². The molecule has 0 unspecified atom stereocenters. The molecule has 0 bridgehead atoms. The number of hydrogen-bond acceptors (Lipinski definition) is 4. The first-order chi connectivity index (χ1) is 7.40. The summed E-state index contributed by atoms with van der Waals surface area (Å²) in [7, 11) is 1.25. The van der Waals surface area contributed by atoms with Crippen molar-refractivity contribution in [1.29, 1.82) is 0 Å². The van der Waals surface area contributed by atoms with Gasteiger partial charge in [-0.25, -0.2) is 0 Å². The number of ether oxygens (including phenoxy) is 1. The first-order valence-corrected chi connectivity index (χ1v) is 4.66. The Morgan fingerprint density at radius 1 is 1.50 bits per heavy atom. The molecule has 8 heteroatoms. The molecule has 0 radical (unpaired) electrons. The minimum Gasteiger partial charge on any atom is -0.495 e. The summed E-state index contributed by atoms with van der Waals surface area (Å²) < 4.78 is 4.78. The van der Waals surface area contributed by atoms with Gasteiger partial charge in [0, 0.05) is 0 Å². The Bertz CT molecular complexity index is 476. The molecule has 1 amide bonds. The number of nitro benzene ring substituents is 1. The lowest BCUT2D eigenvalue weighted by Crippen LogP contribution is -2.13. The van der Waals surface area contributed by atoms with Gasteiger partial charge in [0.15, 0.2) is 5.02 Å². The third-order valence-electron chi connectivity index (χ3n) is 1.81. The number of nitro groups is 1. The highest BCUT2D eigenvalue weighted by molar-refractivity contribution is 6.41. The molecule has 0 heterocycles. The Morgan fingerprint density at radius 3 is 2.44 bits per heavy atom. The van der Waals surface area contributed by atoms with Gasteiger partial charge in [-0.3, -0.25) is 14.9 Å². The second-order valence-corrected chi connectivity index (χ2v) is 3.48. The molecule has 1 aromatic carbocycles. The number of nitrogens with two attached hydrogens (primary N) is 1. The van der Waals surface area contributed by atoms with Crippen molar-refractivity contribution in [3.8, 4) is 5.75 Å². The molecular formula is C8H6Cl2N2O4. The van der Waals surface area contributed by atoms with Gasteiger partial charge in [-0.2, -0.15) is 0 Å². The van der Waals surface area contributed by atoms with Crippen LogP contribution in [0.15, 0.2) is 6.07 Å². The van der Waals surface area contributed by atoms with Crippen LogP contribution in [-0.2, 0) is 0 Å². The summed E-state index contributed by atoms with van der Waals surface area (Å²) in [5, 5.41) is 10.0. The molecule has 0 aliphatic rings. The number of rotatable bonds is 3. The number of hydrogen-bond donors (Lipinski definition) is 1. The van der Waals surface area contributed by atoms with E-state index >= 15 is 0 Å². The van der Waals surface area contributed by atoms with E-state index in [0.717, 1.165) is 6.07 Å². The minimum absolute atomic E-state index is 0.0356. The summed E-state index contributed by atoms with van der Waals surface area (Å²) in [5.41, 5.74) is 4.20. The van der Waals surface area contributed by atoms with Crippen molar-refractivity contribution < 1.29 is 14.5 Å². The van der Waals surface area contributed by atoms with Crippen LogP contribution in [0.5, 0.6) is 5.75 Å². The molecule has 86 valence electrons. The van der Waals surface area contributed by atoms with E-state index in [2.05, 4.69) is 0 Å². The second-order valence-electron chi connectivity index (χ2n) is 2.72. The number of carbonyl (C=O) groups is 1. The maximum absolute atomic E-state index is 11.0. The number of benzene rings is 1. The molecule has 0 spiro atoms. The Morgan fingerprint density at radius 2 is 2.06 bits per heavy atom. The maximum atomic E-state index is 11.0. The number of amides is 1. The SMILES string of the molecule is COc1cc(C(N)=O)c(Cl)c([N+](=O)[O-])c1Cl. The third kappa shape index (κ3) is 2.02. The van der Waals surface area contributed by atoms with Crippen molar-refractivity contribution in [3.05, 3.63) is 31.8 Å². The quantitative estimate of drug-likeness (QED) is 0.667. The fraction of sp³-hybridized carbons (Fsp3) is 0.125. The van der Waals surface area contributed by atoms with Crippen molar-refractivity contribution in [2.24, 2.45) is 5.73 Å². The highest BCUT2D eigenvalue weighted by atomic mass is 35.5. The zero-order chi connectivity index (χ0) is 12.5. The lowest BCUT2D eigenvalue weighted by Gasteiger charge is -2.07. The number of primary amides is 1. The van der Waals surface area contributed by atoms with E-state index in [1.165, 1.54) is 7.11 Å². The van der Waals surface area contributed by atoms with Gasteiger partial charge in [0.1, 0.15) is 10.8 Å². The normalized spacial score (nSPS) is 9.94. The van der Waals surface area contributed by atoms with Gasteiger partial charge in [-0.15, -0.1) is 0 Å². The standard InChI is InChI=1S/C8H6Cl2N2O4/c1-16-4-2-3(8(11)13)5(9)7(6(4)10)12(14)15/h2H,1H3,(H2,11,13). The Kier molecular flexibility index (Phi) is 3.56. The molecule has 16 heavy (non-hydrogen) atoms. The van der Waals surface area contributed by atoms with Gasteiger partial charge < -0.3 is 10.5 Å². The maximum Gasteiger partial charge on any atom is 0.310 e. The molecule has 0 aromatic heterocycles. The zero-order valence-electron chi connectivity index (χ0n) is 7.99. The molecule has 0 saturated heterocycles. The van der Waals surface area contributed by atoms with Gasteiger partial charge in [0.05, 0.1) is 17.6 Å². The van der Waals surface area contributed by atoms with Crippen LogP contribution in [0.4, 0.5) is 5.69 Å². The number of nitrogens with zero attached hydrogens (tertiary/aromatic N) is 1. The monoisotopic (exact) mass is 264 g/mol. The second kappa shape index (κ2) is 4.54. The average Bonchev–Trinajstić information content (AvgIpc) is 2.16. The first kappa shape index (κ1) is 12.5. The van der Waals surface area contributed by atoms with Crippen LogP contribution in [0.3, 0.4) is 0 Å². The topological polar surface area (TPSA) is 95.5 Å². The van der Waals surface area contributed by atoms with Crippen molar-refractivity contribution in [3.63, 3.8) is 0 Å². The van der Waals surface area contributed by atoms with Crippen molar-refractivity contribution in [2.75, 3.05) is 7.11 Å². The van der Waals surface area contributed by atoms with E-state index in [1.807, 2.05) is 0 Å². The van der Waals surface area contributed by atoms with E-state index < -0.39 is 21.5 Å². The lowest BCUT2D eigenvalue weighted by molar-refractivity contribution is -0.384. The number of methoxy groups -OCH3 is 1. The van der Waals surface area contributed by atoms with Gasteiger partial charge in [-0.05, 0) is 6.07 Å². The predicted octanol–water partition coefficient (Wildman–Crippen LogP) is 2.01. The molecule has 1 aromatic rings. The van der Waals surface area contributed by atoms with E-state index in [1.54, 1.807) is 0 Å². The van der Waals surface area contributed by atoms with Crippen molar-refractivity contribution >= 4 is 34.8 Å². The molecule has 0 fully saturated rings. The summed E-state index contributed by atoms with van der Waals surface area (Å²) in [4.78, 5) is 20.9. The summed E-state index contributed by atoms with van der Waals surface area (Å²) in [6, 6.07) is 1.15. The van der Waals surface area contributed by atoms with E-state index in [0.29, 0.717) is 0 Å². The molecular weight excluding hydrogens is 259 g/mol. The summed E-state index contributed by atoms with van der Waals surface area (Å²) in [6.07, 6.45) is 0. The predicted molar refractivity (Wildman–Crippen MR) is 58.2 cm³/mol. The molecule has 0 aliphatic heterocycles. The van der Waals surface area contributed by atoms with Crippen LogP contribution < -0.4 is 10.5 Å². The first-order valence-electron chi connectivity index (χ1n) is 3.90. The number of halogens is 2. The number of carbonyl (C=O) groups excluding carboxylic acids is 1. The van der Waals surface area contributed by atoms with Gasteiger partial charge in [-0.1, -0.05) is 23.2 Å². The van der Waals surface area contributed by atoms with Crippen LogP contribution in [-0.4, -0.2) is 17.9 Å². The van der Waals surface area contributed by atoms with Crippen LogP contribution >= 0.6 is 23.2 Å². The third-order valence-corrected chi connectivity index (χ3v) is 2.56. The Labute approximate surface area is 100 Å². The Hall–Kier alpha value is -1.53. The van der Waals surface area contributed by atoms with Crippen LogP contribution in [0.2, 0.25) is 10.0 Å². The molecule has 1 rings (SSSR count). The fourth-order valence-electron chi connectivity index (χ4n) is 1.09. The van der Waals surface area contributed by atoms with E-state index in [9.17, 15) is 14.9 Å². The molecule has 0 saturated carbocycles. The fourth-order valence-corrected chi connectivity index (χ4v) is 1.74. The largest absolute Gasteiger partial charge is 0.495 e. The molecule has 0 aliphatic carbocycles. The van der Waals surface area contributed by atoms with Gasteiger partial charge in [0.2, 0.25) is 0 Å². The van der Waals surface area contributed by atoms with E-state index in [4.69, 9.17) is 33.7 Å². The molecule has 2 N–H and O–H groups in total. The average molecular weight is 265 g/mol. The summed E-state index contributed by atoms with van der Waals surface area (Å²) in [6.45, 7) is 0. The smallest absolute Gasteiger partial charge is 0.310 e. The van der Waals surface area contributed by atoms with E-state index in [-0.39, 0.29) is 16.3 Å². The summed E-state index contributed by atoms with van der Waals surface area (Å²) in [5.74, 6) is -0.936. The van der Waals surface area contributed by atoms with Gasteiger partial charge >= 0.3 is 5.69 Å². The summed E-state index contributed by atoms with van der Waals surface area (Å²) >= 11 is 11.3. The van der Waals surface area contributed by atoms with Crippen LogP contribution in [0.25, 0.3) is 0 Å².